The molecule has 0 spiro atoms. The molecule has 1 aromatic rings. The second-order valence-corrected chi connectivity index (χ2v) is 8.69. The largest absolute Gasteiger partial charge is 0.425 e. The fourth-order valence-corrected chi connectivity index (χ4v) is 5.41. The zero-order valence-corrected chi connectivity index (χ0v) is 17.1. The lowest BCUT2D eigenvalue weighted by Crippen LogP contribution is -2.44. The van der Waals surface area contributed by atoms with E-state index in [2.05, 4.69) is 19.1 Å². The number of esters is 1. The molecule has 2 bridgehead atoms. The lowest BCUT2D eigenvalue weighted by Gasteiger charge is -2.54. The Morgan fingerprint density at radius 1 is 1.00 bits per heavy atom. The van der Waals surface area contributed by atoms with Crippen LogP contribution in [0.4, 0.5) is 0 Å². The van der Waals surface area contributed by atoms with Gasteiger partial charge in [-0.25, -0.2) is 0 Å². The van der Waals surface area contributed by atoms with E-state index >= 15 is 0 Å². The molecule has 0 saturated heterocycles. The fraction of sp³-hybridized carbons (Fsp3) is 0.625. The molecule has 0 unspecified atom stereocenters. The topological polar surface area (TPSA) is 73.9 Å². The molecule has 148 valence electrons. The van der Waals surface area contributed by atoms with E-state index in [1.807, 2.05) is 13.0 Å². The molecule has 1 aromatic carbocycles. The minimum atomic E-state index is -0.340. The Hall–Kier alpha value is -2.33. The summed E-state index contributed by atoms with van der Waals surface area (Å²) in [6, 6.07) is 8.08. The number of nitriles is 2. The number of fused-ring (bicyclic) bond motifs is 3. The summed E-state index contributed by atoms with van der Waals surface area (Å²) < 4.78 is 5.44. The number of carbonyl (C=O) groups is 1. The number of hydrogen-bond acceptors (Lipinski definition) is 4. The number of unbranched alkanes of at least 4 members (excludes halogenated alkanes) is 1. The number of nitrogens with zero attached hydrogens (tertiary/aromatic N) is 2. The van der Waals surface area contributed by atoms with Crippen molar-refractivity contribution in [2.75, 3.05) is 0 Å². The predicted octanol–water partition coefficient (Wildman–Crippen LogP) is 5.92. The van der Waals surface area contributed by atoms with Crippen molar-refractivity contribution in [2.45, 2.75) is 89.9 Å². The highest BCUT2D eigenvalue weighted by Crippen LogP contribution is 2.60. The second kappa shape index (κ2) is 8.36. The first-order chi connectivity index (χ1) is 13.5. The maximum atomic E-state index is 12.0. The molecule has 28 heavy (non-hydrogen) atoms. The van der Waals surface area contributed by atoms with Gasteiger partial charge >= 0.3 is 5.97 Å². The number of rotatable bonds is 7. The van der Waals surface area contributed by atoms with Crippen LogP contribution in [-0.4, -0.2) is 5.97 Å². The third-order valence-electron chi connectivity index (χ3n) is 7.10. The summed E-state index contributed by atoms with van der Waals surface area (Å²) in [5, 5.41) is 19.6. The summed E-state index contributed by atoms with van der Waals surface area (Å²) in [7, 11) is 0. The normalized spacial score (nSPS) is 25.7. The van der Waals surface area contributed by atoms with Crippen molar-refractivity contribution in [3.8, 4) is 17.9 Å². The van der Waals surface area contributed by atoms with Crippen LogP contribution in [0.5, 0.6) is 5.75 Å². The minimum absolute atomic E-state index is 0.00307. The number of carbonyl (C=O) groups excluding carboxylic acids is 1. The van der Waals surface area contributed by atoms with Crippen molar-refractivity contribution in [2.24, 2.45) is 5.41 Å². The summed E-state index contributed by atoms with van der Waals surface area (Å²) in [6.07, 6.45) is 11.4. The number of hydrogen-bond donors (Lipinski definition) is 0. The summed E-state index contributed by atoms with van der Waals surface area (Å²) in [6.45, 7) is 4.28. The molecule has 0 amide bonds. The molecule has 3 aliphatic rings. The standard InChI is InChI=1S/C24H30N2O2/c1-3-5-6-22(27)28-21-8-7-20(18(16-25)19(21)17-26)24-13-10-23(9-4-2,11-14-24)12-15-24/h7-8H,3-6,9-15H2,1-2H3. The van der Waals surface area contributed by atoms with Crippen LogP contribution in [-0.2, 0) is 10.2 Å². The molecular formula is C24H30N2O2. The van der Waals surface area contributed by atoms with Crippen molar-refractivity contribution in [3.05, 3.63) is 28.8 Å². The summed E-state index contributed by atoms with van der Waals surface area (Å²) in [4.78, 5) is 12.0. The quantitative estimate of drug-likeness (QED) is 0.436. The van der Waals surface area contributed by atoms with Gasteiger partial charge in [-0.2, -0.15) is 10.5 Å². The van der Waals surface area contributed by atoms with Gasteiger partial charge in [0.25, 0.3) is 0 Å². The third kappa shape index (κ3) is 3.66. The summed E-state index contributed by atoms with van der Waals surface area (Å²) in [5.41, 5.74) is 2.11. The SMILES string of the molecule is CCCCC(=O)Oc1ccc(C23CCC(CCC)(CC2)CC3)c(C#N)c1C#N. The molecule has 0 aliphatic heterocycles. The second-order valence-electron chi connectivity index (χ2n) is 8.69. The monoisotopic (exact) mass is 378 g/mol. The van der Waals surface area contributed by atoms with Gasteiger partial charge < -0.3 is 4.74 Å². The van der Waals surface area contributed by atoms with E-state index in [-0.39, 0.29) is 22.7 Å². The smallest absolute Gasteiger partial charge is 0.311 e. The predicted molar refractivity (Wildman–Crippen MR) is 108 cm³/mol. The first-order valence-corrected chi connectivity index (χ1v) is 10.7. The van der Waals surface area contributed by atoms with E-state index in [1.54, 1.807) is 6.07 Å². The molecule has 0 aromatic heterocycles. The molecule has 3 aliphatic carbocycles. The maximum absolute atomic E-state index is 12.0. The van der Waals surface area contributed by atoms with Crippen molar-refractivity contribution in [3.63, 3.8) is 0 Å². The Morgan fingerprint density at radius 2 is 1.64 bits per heavy atom. The van der Waals surface area contributed by atoms with Crippen molar-refractivity contribution < 1.29 is 9.53 Å². The zero-order valence-electron chi connectivity index (χ0n) is 17.1. The average molecular weight is 379 g/mol. The van der Waals surface area contributed by atoms with Gasteiger partial charge in [0.1, 0.15) is 23.5 Å². The van der Waals surface area contributed by atoms with E-state index in [0.29, 0.717) is 17.4 Å². The lowest BCUT2D eigenvalue weighted by atomic mass is 9.50. The molecule has 3 fully saturated rings. The maximum Gasteiger partial charge on any atom is 0.311 e. The highest BCUT2D eigenvalue weighted by Gasteiger charge is 2.49. The highest BCUT2D eigenvalue weighted by molar-refractivity contribution is 5.74. The fourth-order valence-electron chi connectivity index (χ4n) is 5.41. The number of ether oxygens (including phenoxy) is 1. The summed E-state index contributed by atoms with van der Waals surface area (Å²) >= 11 is 0. The van der Waals surface area contributed by atoms with Gasteiger partial charge in [-0.15, -0.1) is 0 Å². The van der Waals surface area contributed by atoms with Crippen molar-refractivity contribution in [1.29, 1.82) is 10.5 Å². The van der Waals surface area contributed by atoms with Gasteiger partial charge in [-0.1, -0.05) is 32.8 Å². The Bertz CT molecular complexity index is 804. The van der Waals surface area contributed by atoms with E-state index < -0.39 is 0 Å². The van der Waals surface area contributed by atoms with Crippen LogP contribution in [0.2, 0.25) is 0 Å². The Kier molecular flexibility index (Phi) is 6.09. The van der Waals surface area contributed by atoms with Crippen molar-refractivity contribution >= 4 is 5.97 Å². The Balaban J connectivity index is 1.91. The Labute approximate surface area is 168 Å². The number of benzene rings is 1. The molecule has 0 N–H and O–H groups in total. The van der Waals surface area contributed by atoms with Crippen LogP contribution in [0.3, 0.4) is 0 Å². The first-order valence-electron chi connectivity index (χ1n) is 10.7. The molecule has 0 heterocycles. The van der Waals surface area contributed by atoms with Gasteiger partial charge in [-0.3, -0.25) is 4.79 Å². The molecule has 4 heteroatoms. The van der Waals surface area contributed by atoms with Crippen LogP contribution in [0, 0.1) is 28.1 Å². The van der Waals surface area contributed by atoms with Gasteiger partial charge in [0.15, 0.2) is 0 Å². The molecule has 0 radical (unpaired) electrons. The van der Waals surface area contributed by atoms with E-state index in [0.717, 1.165) is 37.7 Å². The van der Waals surface area contributed by atoms with Crippen LogP contribution in [0.1, 0.15) is 101 Å². The third-order valence-corrected chi connectivity index (χ3v) is 7.10. The molecule has 0 atom stereocenters. The first kappa shape index (κ1) is 20.4. The van der Waals surface area contributed by atoms with Gasteiger partial charge in [0, 0.05) is 6.42 Å². The molecule has 4 nitrogen and oxygen atoms in total. The average Bonchev–Trinajstić information content (AvgIpc) is 2.73. The minimum Gasteiger partial charge on any atom is -0.425 e. The van der Waals surface area contributed by atoms with E-state index in [1.165, 1.54) is 32.1 Å². The molecule has 4 rings (SSSR count). The summed E-state index contributed by atoms with van der Waals surface area (Å²) in [5.74, 6) is -0.111. The van der Waals surface area contributed by atoms with Crippen molar-refractivity contribution in [1.82, 2.24) is 0 Å². The van der Waals surface area contributed by atoms with Gasteiger partial charge in [-0.05, 0) is 73.8 Å². The van der Waals surface area contributed by atoms with Gasteiger partial charge in [0.2, 0.25) is 0 Å². The van der Waals surface area contributed by atoms with Gasteiger partial charge in [0.05, 0.1) is 5.56 Å². The van der Waals surface area contributed by atoms with E-state index in [4.69, 9.17) is 4.74 Å². The van der Waals surface area contributed by atoms with Crippen LogP contribution in [0.15, 0.2) is 12.1 Å². The highest BCUT2D eigenvalue weighted by atomic mass is 16.5. The van der Waals surface area contributed by atoms with Crippen LogP contribution in [0.25, 0.3) is 0 Å². The zero-order chi connectivity index (χ0) is 20.2. The van der Waals surface area contributed by atoms with Crippen LogP contribution < -0.4 is 4.74 Å². The Morgan fingerprint density at radius 3 is 2.18 bits per heavy atom. The molecular weight excluding hydrogens is 348 g/mol. The lowest BCUT2D eigenvalue weighted by molar-refractivity contribution is -0.134. The van der Waals surface area contributed by atoms with E-state index in [9.17, 15) is 15.3 Å². The van der Waals surface area contributed by atoms with Crippen LogP contribution >= 0.6 is 0 Å². The molecule has 3 saturated carbocycles.